The van der Waals surface area contributed by atoms with Crippen LogP contribution in [0.1, 0.15) is 30.9 Å². The lowest BCUT2D eigenvalue weighted by molar-refractivity contribution is -0.180. The third-order valence-electron chi connectivity index (χ3n) is 4.50. The van der Waals surface area contributed by atoms with E-state index in [0.717, 1.165) is 12.1 Å². The SMILES string of the molecule is O=C(CC(O)c1ccc(O)c(O)c1)[C@@H]1C[C@@](O)(C(=O)O)C[C@@H](O)[C@@H]1O. The van der Waals surface area contributed by atoms with Crippen LogP contribution < -0.4 is 0 Å². The number of carboxylic acids is 1. The van der Waals surface area contributed by atoms with Crippen molar-refractivity contribution in [1.82, 2.24) is 0 Å². The molecule has 1 saturated carbocycles. The Balaban J connectivity index is 2.15. The molecule has 0 aliphatic heterocycles. The molecule has 25 heavy (non-hydrogen) atoms. The molecule has 0 aromatic heterocycles. The quantitative estimate of drug-likeness (QED) is 0.327. The molecule has 0 radical (unpaired) electrons. The number of aliphatic hydroxyl groups excluding tert-OH is 3. The van der Waals surface area contributed by atoms with Crippen LogP contribution in [0.4, 0.5) is 0 Å². The Hall–Kier alpha value is -2.20. The first-order valence-corrected chi connectivity index (χ1v) is 7.59. The van der Waals surface area contributed by atoms with Gasteiger partial charge in [0.25, 0.3) is 0 Å². The Morgan fingerprint density at radius 3 is 2.36 bits per heavy atom. The smallest absolute Gasteiger partial charge is 0.335 e. The number of aliphatic hydroxyl groups is 4. The Morgan fingerprint density at radius 1 is 1.16 bits per heavy atom. The van der Waals surface area contributed by atoms with Gasteiger partial charge in [-0.25, -0.2) is 4.79 Å². The molecule has 2 rings (SSSR count). The van der Waals surface area contributed by atoms with E-state index in [1.165, 1.54) is 6.07 Å². The van der Waals surface area contributed by atoms with Crippen LogP contribution in [0.3, 0.4) is 0 Å². The van der Waals surface area contributed by atoms with Crippen molar-refractivity contribution in [2.24, 2.45) is 5.92 Å². The number of hydrogen-bond acceptors (Lipinski definition) is 8. The summed E-state index contributed by atoms with van der Waals surface area (Å²) in [6.07, 6.45) is -6.28. The van der Waals surface area contributed by atoms with Crippen molar-refractivity contribution in [2.45, 2.75) is 43.2 Å². The summed E-state index contributed by atoms with van der Waals surface area (Å²) in [7, 11) is 0. The maximum Gasteiger partial charge on any atom is 0.335 e. The van der Waals surface area contributed by atoms with Crippen LogP contribution in [0, 0.1) is 5.92 Å². The summed E-state index contributed by atoms with van der Waals surface area (Å²) in [5.74, 6) is -4.62. The van der Waals surface area contributed by atoms with Crippen molar-refractivity contribution in [1.29, 1.82) is 0 Å². The second-order valence-corrected chi connectivity index (χ2v) is 6.34. The maximum atomic E-state index is 12.4. The van der Waals surface area contributed by atoms with Crippen LogP contribution in [0.15, 0.2) is 18.2 Å². The molecule has 1 aromatic carbocycles. The van der Waals surface area contributed by atoms with E-state index in [1.54, 1.807) is 0 Å². The van der Waals surface area contributed by atoms with E-state index in [2.05, 4.69) is 0 Å². The van der Waals surface area contributed by atoms with Crippen molar-refractivity contribution in [3.05, 3.63) is 23.8 Å². The van der Waals surface area contributed by atoms with E-state index in [0.29, 0.717) is 0 Å². The number of rotatable bonds is 5. The van der Waals surface area contributed by atoms with Gasteiger partial charge in [-0.15, -0.1) is 0 Å². The highest BCUT2D eigenvalue weighted by atomic mass is 16.4. The van der Waals surface area contributed by atoms with Crippen LogP contribution in [0.25, 0.3) is 0 Å². The number of hydrogen-bond donors (Lipinski definition) is 7. The van der Waals surface area contributed by atoms with Crippen LogP contribution in [-0.4, -0.2) is 65.3 Å². The highest BCUT2D eigenvalue weighted by Crippen LogP contribution is 2.36. The van der Waals surface area contributed by atoms with Gasteiger partial charge in [-0.1, -0.05) is 6.07 Å². The molecule has 1 aromatic rings. The zero-order valence-electron chi connectivity index (χ0n) is 13.1. The summed E-state index contributed by atoms with van der Waals surface area (Å²) >= 11 is 0. The van der Waals surface area contributed by atoms with Crippen molar-refractivity contribution in [2.75, 3.05) is 0 Å². The van der Waals surface area contributed by atoms with Crippen molar-refractivity contribution in [3.63, 3.8) is 0 Å². The van der Waals surface area contributed by atoms with Gasteiger partial charge >= 0.3 is 5.97 Å². The molecule has 9 heteroatoms. The Kier molecular flexibility index (Phi) is 5.33. The minimum absolute atomic E-state index is 0.128. The fourth-order valence-corrected chi connectivity index (χ4v) is 2.99. The van der Waals surface area contributed by atoms with Crippen LogP contribution >= 0.6 is 0 Å². The molecule has 1 fully saturated rings. The third-order valence-corrected chi connectivity index (χ3v) is 4.50. The van der Waals surface area contributed by atoms with Gasteiger partial charge in [-0.05, 0) is 24.1 Å². The number of Topliss-reactive ketones (excluding diaryl/α,β-unsaturated/α-hetero) is 1. The molecule has 0 bridgehead atoms. The molecule has 9 nitrogen and oxygen atoms in total. The molecule has 138 valence electrons. The molecule has 1 unspecified atom stereocenters. The first-order valence-electron chi connectivity index (χ1n) is 7.59. The fraction of sp³-hybridized carbons (Fsp3) is 0.500. The summed E-state index contributed by atoms with van der Waals surface area (Å²) < 4.78 is 0. The van der Waals surface area contributed by atoms with Gasteiger partial charge in [0.05, 0.1) is 18.3 Å². The highest BCUT2D eigenvalue weighted by Gasteiger charge is 2.51. The molecular weight excluding hydrogens is 336 g/mol. The molecule has 7 N–H and O–H groups in total. The number of carbonyl (C=O) groups is 2. The minimum atomic E-state index is -2.35. The maximum absolute atomic E-state index is 12.4. The Labute approximate surface area is 142 Å². The number of carbonyl (C=O) groups excluding carboxylic acids is 1. The summed E-state index contributed by atoms with van der Waals surface area (Å²) in [4.78, 5) is 23.5. The topological polar surface area (TPSA) is 176 Å². The average molecular weight is 356 g/mol. The minimum Gasteiger partial charge on any atom is -0.504 e. The molecule has 0 amide bonds. The average Bonchev–Trinajstić information content (AvgIpc) is 2.53. The highest BCUT2D eigenvalue weighted by molar-refractivity contribution is 5.85. The van der Waals surface area contributed by atoms with Gasteiger partial charge in [0.1, 0.15) is 5.78 Å². The lowest BCUT2D eigenvalue weighted by Gasteiger charge is -2.39. The normalized spacial score (nSPS) is 30.6. The summed E-state index contributed by atoms with van der Waals surface area (Å²) in [5.41, 5.74) is -2.22. The predicted molar refractivity (Wildman–Crippen MR) is 81.7 cm³/mol. The van der Waals surface area contributed by atoms with Crippen molar-refractivity contribution < 1.29 is 45.3 Å². The first kappa shape index (κ1) is 19.1. The summed E-state index contributed by atoms with van der Waals surface area (Å²) in [5, 5.41) is 67.6. The van der Waals surface area contributed by atoms with Gasteiger partial charge in [-0.3, -0.25) is 4.79 Å². The van der Waals surface area contributed by atoms with E-state index in [1.807, 2.05) is 0 Å². The van der Waals surface area contributed by atoms with Crippen LogP contribution in [-0.2, 0) is 9.59 Å². The molecule has 0 spiro atoms. The molecule has 0 saturated heterocycles. The Morgan fingerprint density at radius 2 is 1.80 bits per heavy atom. The number of aromatic hydroxyl groups is 2. The van der Waals surface area contributed by atoms with E-state index >= 15 is 0 Å². The number of phenols is 2. The number of aliphatic carboxylic acids is 1. The standard InChI is InChI=1S/C16H20O9/c17-9-2-1-7(3-12(9)20)10(18)4-11(19)8-5-16(25,15(23)24)6-13(21)14(8)22/h1-3,8,10,13-14,17-18,20-22,25H,4-6H2,(H,23,24)/t8-,10?,13+,14+,16-/m0/s1. The van der Waals surface area contributed by atoms with Crippen LogP contribution in [0.2, 0.25) is 0 Å². The molecule has 1 aliphatic rings. The second kappa shape index (κ2) is 6.96. The largest absolute Gasteiger partial charge is 0.504 e. The van der Waals surface area contributed by atoms with Gasteiger partial charge in [0, 0.05) is 18.8 Å². The summed E-state index contributed by atoms with van der Waals surface area (Å²) in [6, 6.07) is 3.47. The molecule has 5 atom stereocenters. The zero-order valence-corrected chi connectivity index (χ0v) is 13.1. The van der Waals surface area contributed by atoms with Gasteiger partial charge < -0.3 is 35.7 Å². The fourth-order valence-electron chi connectivity index (χ4n) is 2.99. The van der Waals surface area contributed by atoms with Crippen LogP contribution in [0.5, 0.6) is 11.5 Å². The summed E-state index contributed by atoms with van der Waals surface area (Å²) in [6.45, 7) is 0. The number of carboxylic acid groups (broad SMARTS) is 1. The number of benzene rings is 1. The predicted octanol–water partition coefficient (Wildman–Crippen LogP) is -0.962. The molecule has 1 aliphatic carbocycles. The monoisotopic (exact) mass is 356 g/mol. The second-order valence-electron chi connectivity index (χ2n) is 6.34. The lowest BCUT2D eigenvalue weighted by Crippen LogP contribution is -2.55. The van der Waals surface area contributed by atoms with E-state index in [-0.39, 0.29) is 5.56 Å². The van der Waals surface area contributed by atoms with Crippen molar-refractivity contribution >= 4 is 11.8 Å². The third kappa shape index (κ3) is 3.90. The molecule has 0 heterocycles. The van der Waals surface area contributed by atoms with E-state index in [9.17, 15) is 40.2 Å². The number of phenolic OH excluding ortho intramolecular Hbond substituents is 2. The van der Waals surface area contributed by atoms with E-state index in [4.69, 9.17) is 5.11 Å². The molecular formula is C16H20O9. The zero-order chi connectivity index (χ0) is 18.9. The number of ketones is 1. The van der Waals surface area contributed by atoms with E-state index < -0.39 is 72.3 Å². The first-order chi connectivity index (χ1) is 11.5. The van der Waals surface area contributed by atoms with Crippen molar-refractivity contribution in [3.8, 4) is 11.5 Å². The van der Waals surface area contributed by atoms with Gasteiger partial charge in [0.2, 0.25) is 0 Å². The van der Waals surface area contributed by atoms with Gasteiger partial charge in [0.15, 0.2) is 17.1 Å². The Bertz CT molecular complexity index is 674. The van der Waals surface area contributed by atoms with Gasteiger partial charge in [-0.2, -0.15) is 0 Å². The lowest BCUT2D eigenvalue weighted by atomic mass is 9.72.